The largest absolute Gasteiger partial charge is 0.381 e. The van der Waals surface area contributed by atoms with Gasteiger partial charge in [0.1, 0.15) is 17.5 Å². The summed E-state index contributed by atoms with van der Waals surface area (Å²) in [4.78, 5) is 22.6. The predicted octanol–water partition coefficient (Wildman–Crippen LogP) is 3.62. The summed E-state index contributed by atoms with van der Waals surface area (Å²) in [5, 5.41) is 14.9. The summed E-state index contributed by atoms with van der Waals surface area (Å²) < 4.78 is 7.08. The second-order valence-electron chi connectivity index (χ2n) is 8.14. The summed E-state index contributed by atoms with van der Waals surface area (Å²) >= 11 is 0. The summed E-state index contributed by atoms with van der Waals surface area (Å²) in [5.41, 5.74) is 2.11. The van der Waals surface area contributed by atoms with Crippen LogP contribution in [0.1, 0.15) is 23.4 Å². The molecule has 1 aliphatic heterocycles. The van der Waals surface area contributed by atoms with E-state index in [9.17, 15) is 10.1 Å². The number of rotatable bonds is 5. The first-order valence-corrected chi connectivity index (χ1v) is 10.7. The quantitative estimate of drug-likeness (QED) is 0.525. The number of anilines is 1. The van der Waals surface area contributed by atoms with E-state index in [1.165, 1.54) is 0 Å². The van der Waals surface area contributed by atoms with E-state index in [1.54, 1.807) is 4.57 Å². The highest BCUT2D eigenvalue weighted by atomic mass is 16.5. The lowest BCUT2D eigenvalue weighted by Gasteiger charge is -2.15. The van der Waals surface area contributed by atoms with Crippen molar-refractivity contribution in [2.24, 2.45) is 5.92 Å². The summed E-state index contributed by atoms with van der Waals surface area (Å²) in [6.07, 6.45) is 1.03. The first-order valence-electron chi connectivity index (χ1n) is 10.7. The second kappa shape index (κ2) is 8.40. The summed E-state index contributed by atoms with van der Waals surface area (Å²) in [7, 11) is 0. The molecular weight excluding hydrogens is 402 g/mol. The molecule has 0 radical (unpaired) electrons. The first kappa shape index (κ1) is 20.2. The third kappa shape index (κ3) is 3.59. The minimum Gasteiger partial charge on any atom is -0.381 e. The third-order valence-corrected chi connectivity index (χ3v) is 6.08. The van der Waals surface area contributed by atoms with Gasteiger partial charge in [-0.05, 0) is 37.1 Å². The van der Waals surface area contributed by atoms with E-state index >= 15 is 0 Å². The SMILES string of the molecule is Cc1c(C#N)c(=O)n(Cc2nc(NCC3CCOC3)c3ccccc3n2)c2ccccc12. The highest BCUT2D eigenvalue weighted by Gasteiger charge is 2.18. The molecule has 0 saturated carbocycles. The highest BCUT2D eigenvalue weighted by molar-refractivity contribution is 5.89. The molecule has 1 saturated heterocycles. The molecule has 3 heterocycles. The number of hydrogen-bond acceptors (Lipinski definition) is 6. The fourth-order valence-electron chi connectivity index (χ4n) is 4.31. The van der Waals surface area contributed by atoms with Gasteiger partial charge in [-0.2, -0.15) is 5.26 Å². The van der Waals surface area contributed by atoms with E-state index in [-0.39, 0.29) is 17.7 Å². The van der Waals surface area contributed by atoms with Crippen molar-refractivity contribution in [2.45, 2.75) is 19.9 Å². The maximum atomic E-state index is 13.1. The summed E-state index contributed by atoms with van der Waals surface area (Å²) in [5.74, 6) is 1.73. The van der Waals surface area contributed by atoms with Gasteiger partial charge in [-0.25, -0.2) is 9.97 Å². The van der Waals surface area contributed by atoms with Crippen LogP contribution in [0.4, 0.5) is 5.82 Å². The Bertz CT molecular complexity index is 1410. The zero-order valence-electron chi connectivity index (χ0n) is 17.8. The lowest BCUT2D eigenvalue weighted by molar-refractivity contribution is 0.187. The fraction of sp³-hybridized carbons (Fsp3) is 0.280. The fourth-order valence-corrected chi connectivity index (χ4v) is 4.31. The molecule has 7 heteroatoms. The van der Waals surface area contributed by atoms with Crippen LogP contribution in [0.25, 0.3) is 21.8 Å². The number of nitriles is 1. The number of aromatic nitrogens is 3. The Morgan fingerprint density at radius 1 is 1.16 bits per heavy atom. The Morgan fingerprint density at radius 3 is 2.72 bits per heavy atom. The minimum absolute atomic E-state index is 0.157. The zero-order chi connectivity index (χ0) is 22.1. The molecule has 0 spiro atoms. The number of pyridine rings is 1. The van der Waals surface area contributed by atoms with Crippen molar-refractivity contribution in [3.05, 3.63) is 75.8 Å². The van der Waals surface area contributed by atoms with Crippen LogP contribution in [-0.2, 0) is 11.3 Å². The molecule has 1 unspecified atom stereocenters. The molecule has 7 nitrogen and oxygen atoms in total. The number of hydrogen-bond donors (Lipinski definition) is 1. The molecule has 1 N–H and O–H groups in total. The van der Waals surface area contributed by atoms with Crippen molar-refractivity contribution in [1.29, 1.82) is 5.26 Å². The summed E-state index contributed by atoms with van der Waals surface area (Å²) in [6.45, 7) is 4.32. The lowest BCUT2D eigenvalue weighted by Crippen LogP contribution is -2.26. The van der Waals surface area contributed by atoms with Gasteiger partial charge in [-0.3, -0.25) is 9.36 Å². The van der Waals surface area contributed by atoms with Crippen molar-refractivity contribution in [1.82, 2.24) is 14.5 Å². The van der Waals surface area contributed by atoms with Gasteiger partial charge >= 0.3 is 0 Å². The highest BCUT2D eigenvalue weighted by Crippen LogP contribution is 2.23. The number of aryl methyl sites for hydroxylation is 1. The van der Waals surface area contributed by atoms with E-state index < -0.39 is 0 Å². The van der Waals surface area contributed by atoms with Crippen LogP contribution < -0.4 is 10.9 Å². The van der Waals surface area contributed by atoms with Crippen LogP contribution in [0.15, 0.2) is 53.3 Å². The maximum Gasteiger partial charge on any atom is 0.269 e. The minimum atomic E-state index is -0.321. The van der Waals surface area contributed by atoms with Gasteiger partial charge in [-0.15, -0.1) is 0 Å². The zero-order valence-corrected chi connectivity index (χ0v) is 17.8. The van der Waals surface area contributed by atoms with Crippen molar-refractivity contribution >= 4 is 27.6 Å². The molecule has 160 valence electrons. The number of nitrogens with zero attached hydrogens (tertiary/aromatic N) is 4. The Kier molecular flexibility index (Phi) is 5.29. The smallest absolute Gasteiger partial charge is 0.269 e. The number of nitrogens with one attached hydrogen (secondary N) is 1. The van der Waals surface area contributed by atoms with E-state index in [2.05, 4.69) is 11.4 Å². The van der Waals surface area contributed by atoms with Gasteiger partial charge in [0.05, 0.1) is 24.2 Å². The standard InChI is InChI=1S/C25H23N5O2/c1-16-18-6-3-5-9-22(18)30(25(31)20(16)12-26)14-23-28-21-8-4-2-7-19(21)24(29-23)27-13-17-10-11-32-15-17/h2-9,17H,10-11,13-15H2,1H3,(H,27,28,29). The van der Waals surface area contributed by atoms with E-state index in [4.69, 9.17) is 14.7 Å². The average Bonchev–Trinajstić information content (AvgIpc) is 3.34. The average molecular weight is 425 g/mol. The Labute approximate surface area is 185 Å². The van der Waals surface area contributed by atoms with Crippen LogP contribution in [0.5, 0.6) is 0 Å². The van der Waals surface area contributed by atoms with Gasteiger partial charge in [0.2, 0.25) is 0 Å². The molecule has 1 aliphatic rings. The van der Waals surface area contributed by atoms with Gasteiger partial charge in [0.15, 0.2) is 5.82 Å². The topological polar surface area (TPSA) is 92.8 Å². The Hall–Kier alpha value is -3.76. The molecule has 32 heavy (non-hydrogen) atoms. The normalized spacial score (nSPS) is 15.8. The van der Waals surface area contributed by atoms with Crippen molar-refractivity contribution < 1.29 is 4.74 Å². The van der Waals surface area contributed by atoms with Crippen LogP contribution in [0.3, 0.4) is 0 Å². The molecule has 0 bridgehead atoms. The number of fused-ring (bicyclic) bond motifs is 2. The van der Waals surface area contributed by atoms with Gasteiger partial charge in [0, 0.05) is 29.8 Å². The van der Waals surface area contributed by atoms with Gasteiger partial charge in [0.25, 0.3) is 5.56 Å². The van der Waals surface area contributed by atoms with Crippen LogP contribution in [-0.4, -0.2) is 34.3 Å². The van der Waals surface area contributed by atoms with Crippen LogP contribution in [0.2, 0.25) is 0 Å². The predicted molar refractivity (Wildman–Crippen MR) is 124 cm³/mol. The van der Waals surface area contributed by atoms with Crippen LogP contribution in [0, 0.1) is 24.2 Å². The van der Waals surface area contributed by atoms with Crippen LogP contribution >= 0.6 is 0 Å². The number of para-hydroxylation sites is 2. The summed E-state index contributed by atoms with van der Waals surface area (Å²) in [6, 6.07) is 17.5. The molecule has 2 aromatic carbocycles. The Balaban J connectivity index is 1.60. The van der Waals surface area contributed by atoms with Crippen molar-refractivity contribution in [2.75, 3.05) is 25.1 Å². The molecule has 4 aromatic rings. The van der Waals surface area contributed by atoms with Gasteiger partial charge < -0.3 is 10.1 Å². The Morgan fingerprint density at radius 2 is 1.94 bits per heavy atom. The lowest BCUT2D eigenvalue weighted by atomic mass is 10.0. The van der Waals surface area contributed by atoms with E-state index in [1.807, 2.05) is 55.5 Å². The van der Waals surface area contributed by atoms with Gasteiger partial charge in [-0.1, -0.05) is 30.3 Å². The molecular formula is C25H23N5O2. The maximum absolute atomic E-state index is 13.1. The molecule has 0 amide bonds. The molecule has 2 aromatic heterocycles. The monoisotopic (exact) mass is 425 g/mol. The number of benzene rings is 2. The molecule has 1 fully saturated rings. The second-order valence-corrected chi connectivity index (χ2v) is 8.14. The molecule has 0 aliphatic carbocycles. The molecule has 1 atom stereocenters. The number of ether oxygens (including phenoxy) is 1. The molecule has 5 rings (SSSR count). The van der Waals surface area contributed by atoms with E-state index in [0.29, 0.717) is 17.3 Å². The van der Waals surface area contributed by atoms with Crippen molar-refractivity contribution in [3.8, 4) is 6.07 Å². The van der Waals surface area contributed by atoms with E-state index in [0.717, 1.165) is 53.8 Å². The first-order chi connectivity index (χ1) is 15.7. The van der Waals surface area contributed by atoms with Crippen molar-refractivity contribution in [3.63, 3.8) is 0 Å². The third-order valence-electron chi connectivity index (χ3n) is 6.08.